The van der Waals surface area contributed by atoms with E-state index >= 15 is 4.39 Å². The van der Waals surface area contributed by atoms with Crippen LogP contribution in [0, 0.1) is 11.7 Å². The van der Waals surface area contributed by atoms with Gasteiger partial charge in [-0.1, -0.05) is 24.3 Å². The van der Waals surface area contributed by atoms with Crippen molar-refractivity contribution in [2.75, 3.05) is 30.8 Å². The van der Waals surface area contributed by atoms with Gasteiger partial charge >= 0.3 is 0 Å². The zero-order chi connectivity index (χ0) is 30.7. The Labute approximate surface area is 254 Å². The van der Waals surface area contributed by atoms with E-state index in [0.29, 0.717) is 54.3 Å². The van der Waals surface area contributed by atoms with Crippen LogP contribution in [0.15, 0.2) is 54.6 Å². The van der Waals surface area contributed by atoms with Crippen molar-refractivity contribution in [2.24, 2.45) is 5.92 Å². The quantitative estimate of drug-likeness (QED) is 0.347. The number of halogens is 1. The number of carbonyl (C=O) groups is 2. The number of anilines is 1. The maximum atomic E-state index is 15.6. The molecule has 44 heavy (non-hydrogen) atoms. The highest BCUT2D eigenvalue weighted by molar-refractivity contribution is 7.89. The number of aromatic nitrogens is 3. The van der Waals surface area contributed by atoms with Gasteiger partial charge in [0.1, 0.15) is 11.5 Å². The smallest absolute Gasteiger partial charge is 0.273 e. The summed E-state index contributed by atoms with van der Waals surface area (Å²) in [5, 5.41) is 4.73. The Balaban J connectivity index is 1.15. The van der Waals surface area contributed by atoms with Gasteiger partial charge in [0.05, 0.1) is 23.9 Å². The highest BCUT2D eigenvalue weighted by Gasteiger charge is 2.33. The van der Waals surface area contributed by atoms with Gasteiger partial charge in [-0.25, -0.2) is 22.3 Å². The van der Waals surface area contributed by atoms with Crippen molar-refractivity contribution >= 4 is 33.2 Å². The summed E-state index contributed by atoms with van der Waals surface area (Å²) in [6.45, 7) is 3.46. The number of hydrogen-bond acceptors (Lipinski definition) is 7. The number of benzene rings is 2. The number of nitrogens with zero attached hydrogens (tertiary/aromatic N) is 5. The molecule has 2 atom stereocenters. The van der Waals surface area contributed by atoms with Crippen LogP contribution in [0.1, 0.15) is 65.5 Å². The first-order valence-electron chi connectivity index (χ1n) is 14.9. The Bertz CT molecular complexity index is 1920. The summed E-state index contributed by atoms with van der Waals surface area (Å²) in [6.07, 6.45) is 4.20. The number of fused-ring (bicyclic) bond motifs is 2. The third-order valence-corrected chi connectivity index (χ3v) is 9.54. The molecule has 1 aliphatic carbocycles. The van der Waals surface area contributed by atoms with Crippen LogP contribution in [0.5, 0.6) is 0 Å². The highest BCUT2D eigenvalue weighted by atomic mass is 32.2. The molecular formula is C32H33FN6O4S. The first-order valence-corrected chi connectivity index (χ1v) is 16.8. The number of hydrogen-bond donors (Lipinski definition) is 1. The Kier molecular flexibility index (Phi) is 6.91. The van der Waals surface area contributed by atoms with Crippen molar-refractivity contribution in [1.82, 2.24) is 24.2 Å². The molecule has 1 saturated carbocycles. The SMILES string of the molecule is C[C@@H]1c2ccccc2CCN1C(=O)c1cc(C2CC2)n2nc(-c3ccc(N4CC[C@H](C(=O)NS(C)(=O)=O)C4)cc3F)cc2n1. The van der Waals surface area contributed by atoms with Crippen LogP contribution in [0.4, 0.5) is 10.1 Å². The molecule has 3 aliphatic rings. The van der Waals surface area contributed by atoms with Crippen LogP contribution >= 0.6 is 0 Å². The number of nitrogens with one attached hydrogen (secondary N) is 1. The minimum Gasteiger partial charge on any atom is -0.371 e. The van der Waals surface area contributed by atoms with Gasteiger partial charge in [-0.2, -0.15) is 5.10 Å². The van der Waals surface area contributed by atoms with Gasteiger partial charge in [0, 0.05) is 48.6 Å². The second-order valence-corrected chi connectivity index (χ2v) is 13.8. The van der Waals surface area contributed by atoms with Crippen LogP contribution in [-0.2, 0) is 21.2 Å². The Hall–Kier alpha value is -4.32. The van der Waals surface area contributed by atoms with E-state index in [4.69, 9.17) is 10.1 Å². The van der Waals surface area contributed by atoms with Gasteiger partial charge in [0.15, 0.2) is 5.65 Å². The van der Waals surface area contributed by atoms with Crippen molar-refractivity contribution in [2.45, 2.75) is 44.6 Å². The van der Waals surface area contributed by atoms with Gasteiger partial charge in [-0.15, -0.1) is 0 Å². The molecule has 2 aromatic carbocycles. The van der Waals surface area contributed by atoms with Crippen molar-refractivity contribution in [3.05, 3.63) is 82.9 Å². The van der Waals surface area contributed by atoms with E-state index in [1.54, 1.807) is 22.7 Å². The fourth-order valence-electron chi connectivity index (χ4n) is 6.49. The molecule has 0 spiro atoms. The molecule has 2 fully saturated rings. The lowest BCUT2D eigenvalue weighted by atomic mass is 9.93. The molecule has 1 saturated heterocycles. The monoisotopic (exact) mass is 616 g/mol. The predicted octanol–water partition coefficient (Wildman–Crippen LogP) is 4.07. The lowest BCUT2D eigenvalue weighted by Crippen LogP contribution is -2.39. The zero-order valence-corrected chi connectivity index (χ0v) is 25.3. The van der Waals surface area contributed by atoms with Crippen LogP contribution in [0.3, 0.4) is 0 Å². The molecule has 7 rings (SSSR count). The van der Waals surface area contributed by atoms with E-state index in [0.717, 1.165) is 36.8 Å². The van der Waals surface area contributed by atoms with E-state index in [2.05, 4.69) is 12.1 Å². The normalized spacial score (nSPS) is 20.2. The van der Waals surface area contributed by atoms with E-state index in [1.165, 1.54) is 11.6 Å². The van der Waals surface area contributed by atoms with E-state index < -0.39 is 27.7 Å². The molecular weight excluding hydrogens is 583 g/mol. The van der Waals surface area contributed by atoms with E-state index in [-0.39, 0.29) is 17.9 Å². The van der Waals surface area contributed by atoms with Gasteiger partial charge < -0.3 is 9.80 Å². The van der Waals surface area contributed by atoms with Crippen molar-refractivity contribution in [3.63, 3.8) is 0 Å². The summed E-state index contributed by atoms with van der Waals surface area (Å²) in [5.41, 5.74) is 5.52. The predicted molar refractivity (Wildman–Crippen MR) is 163 cm³/mol. The molecule has 2 aliphatic heterocycles. The second kappa shape index (κ2) is 10.7. The Morgan fingerprint density at radius 1 is 1.02 bits per heavy atom. The lowest BCUT2D eigenvalue weighted by molar-refractivity contribution is -0.122. The van der Waals surface area contributed by atoms with Crippen molar-refractivity contribution < 1.29 is 22.4 Å². The minimum absolute atomic E-state index is 0.0668. The largest absolute Gasteiger partial charge is 0.371 e. The third kappa shape index (κ3) is 5.31. The van der Waals surface area contributed by atoms with Crippen LogP contribution < -0.4 is 9.62 Å². The van der Waals surface area contributed by atoms with Crippen LogP contribution in [0.2, 0.25) is 0 Å². The van der Waals surface area contributed by atoms with Crippen LogP contribution in [-0.4, -0.2) is 65.6 Å². The lowest BCUT2D eigenvalue weighted by Gasteiger charge is -2.35. The number of amides is 2. The first kappa shape index (κ1) is 28.5. The Morgan fingerprint density at radius 2 is 1.82 bits per heavy atom. The van der Waals surface area contributed by atoms with Crippen molar-refractivity contribution in [1.29, 1.82) is 0 Å². The topological polar surface area (TPSA) is 117 Å². The number of sulfonamides is 1. The summed E-state index contributed by atoms with van der Waals surface area (Å²) < 4.78 is 42.2. The summed E-state index contributed by atoms with van der Waals surface area (Å²) >= 11 is 0. The number of rotatable bonds is 6. The van der Waals surface area contributed by atoms with Gasteiger partial charge in [-0.3, -0.25) is 14.3 Å². The third-order valence-electron chi connectivity index (χ3n) is 8.96. The Morgan fingerprint density at radius 3 is 2.57 bits per heavy atom. The van der Waals surface area contributed by atoms with Crippen molar-refractivity contribution in [3.8, 4) is 11.3 Å². The highest BCUT2D eigenvalue weighted by Crippen LogP contribution is 2.41. The first-order chi connectivity index (χ1) is 21.1. The summed E-state index contributed by atoms with van der Waals surface area (Å²) in [7, 11) is -3.64. The summed E-state index contributed by atoms with van der Waals surface area (Å²) in [6, 6.07) is 16.6. The maximum Gasteiger partial charge on any atom is 0.273 e. The minimum atomic E-state index is -3.64. The average molecular weight is 617 g/mol. The standard InChI is InChI=1S/C32H33FN6O4S/c1-19-24-6-4-3-5-20(24)12-14-38(19)32(41)28-16-29(21-7-8-21)39-30(34-28)17-27(35-39)25-10-9-23(15-26(25)33)37-13-11-22(18-37)31(40)36-44(2,42)43/h3-6,9-10,15-17,19,21-22H,7-8,11-14,18H2,1-2H3,(H,36,40)/t19-,22+/m1/s1. The fourth-order valence-corrected chi connectivity index (χ4v) is 7.02. The van der Waals surface area contributed by atoms with Gasteiger partial charge in [0.25, 0.3) is 5.91 Å². The average Bonchev–Trinajstić information content (AvgIpc) is 3.54. The summed E-state index contributed by atoms with van der Waals surface area (Å²) in [5.74, 6) is -1.37. The number of carbonyl (C=O) groups excluding carboxylic acids is 2. The molecule has 12 heteroatoms. The molecule has 0 unspecified atom stereocenters. The molecule has 228 valence electrons. The van der Waals surface area contributed by atoms with Crippen LogP contribution in [0.25, 0.3) is 16.9 Å². The van der Waals surface area contributed by atoms with Gasteiger partial charge in [-0.05, 0) is 68.0 Å². The second-order valence-electron chi connectivity index (χ2n) is 12.1. The summed E-state index contributed by atoms with van der Waals surface area (Å²) in [4.78, 5) is 34.6. The molecule has 0 bridgehead atoms. The van der Waals surface area contributed by atoms with E-state index in [9.17, 15) is 18.0 Å². The fraction of sp³-hybridized carbons (Fsp3) is 0.375. The maximum absolute atomic E-state index is 15.6. The molecule has 4 aromatic rings. The zero-order valence-electron chi connectivity index (χ0n) is 24.5. The molecule has 10 nitrogen and oxygen atoms in total. The molecule has 1 N–H and O–H groups in total. The molecule has 2 aromatic heterocycles. The molecule has 4 heterocycles. The molecule has 0 radical (unpaired) electrons. The van der Waals surface area contributed by atoms with E-state index in [1.807, 2.05) is 39.6 Å². The van der Waals surface area contributed by atoms with Gasteiger partial charge in [0.2, 0.25) is 15.9 Å². The molecule has 2 amide bonds.